The quantitative estimate of drug-likeness (QED) is 0.213. The summed E-state index contributed by atoms with van der Waals surface area (Å²) in [5.41, 5.74) is 4.65. The van der Waals surface area contributed by atoms with Gasteiger partial charge in [0.1, 0.15) is 6.73 Å². The molecule has 0 bridgehead atoms. The van der Waals surface area contributed by atoms with E-state index in [4.69, 9.17) is 4.74 Å². The predicted octanol–water partition coefficient (Wildman–Crippen LogP) is 7.05. The Morgan fingerprint density at radius 2 is 1.63 bits per heavy atom. The molecule has 2 aromatic heterocycles. The van der Waals surface area contributed by atoms with Gasteiger partial charge in [-0.1, -0.05) is 31.8 Å². The number of hydrogen-bond acceptors (Lipinski definition) is 3. The van der Waals surface area contributed by atoms with Gasteiger partial charge < -0.3 is 4.74 Å². The van der Waals surface area contributed by atoms with Crippen LogP contribution in [-0.2, 0) is 11.5 Å². The molecule has 4 rings (SSSR count). The van der Waals surface area contributed by atoms with E-state index in [9.17, 15) is 0 Å². The molecule has 5 nitrogen and oxygen atoms in total. The highest BCUT2D eigenvalue weighted by atomic mass is 79.9. The molecule has 0 amide bonds. The van der Waals surface area contributed by atoms with Gasteiger partial charge in [-0.2, -0.15) is 10.2 Å². The molecule has 0 aliphatic carbocycles. The van der Waals surface area contributed by atoms with Crippen LogP contribution in [0, 0.1) is 13.8 Å². The van der Waals surface area contributed by atoms with Gasteiger partial charge in [-0.3, -0.25) is 5.10 Å². The lowest BCUT2D eigenvalue weighted by atomic mass is 10.2. The number of nitrogens with zero attached hydrogens (tertiary/aromatic N) is 3. The van der Waals surface area contributed by atoms with E-state index >= 15 is 0 Å². The Hall–Kier alpha value is -1.48. The molecule has 30 heavy (non-hydrogen) atoms. The van der Waals surface area contributed by atoms with E-state index in [-0.39, 0.29) is 0 Å². The van der Waals surface area contributed by atoms with Crippen molar-refractivity contribution >= 4 is 61.7 Å². The maximum Gasteiger partial charge on any atom is 0.139 e. The predicted molar refractivity (Wildman–Crippen MR) is 135 cm³/mol. The third-order valence-corrected chi connectivity index (χ3v) is 8.72. The molecule has 1 N–H and O–H groups in total. The summed E-state index contributed by atoms with van der Waals surface area (Å²) in [5.74, 6) is 0. The highest BCUT2D eigenvalue weighted by Gasteiger charge is 2.12. The number of nitrogens with one attached hydrogen (secondary N) is 1. The molecule has 4 aromatic rings. The molecule has 2 heterocycles. The summed E-state index contributed by atoms with van der Waals surface area (Å²) in [7, 11) is -1.01. The van der Waals surface area contributed by atoms with Crippen molar-refractivity contribution in [1.82, 2.24) is 20.0 Å². The smallest absolute Gasteiger partial charge is 0.139 e. The zero-order valence-corrected chi connectivity index (χ0v) is 22.3. The second-order valence-corrected chi connectivity index (χ2v) is 15.9. The Kier molecular flexibility index (Phi) is 7.55. The molecule has 0 radical (unpaired) electrons. The van der Waals surface area contributed by atoms with Crippen LogP contribution in [0.4, 0.5) is 0 Å². The van der Waals surface area contributed by atoms with Gasteiger partial charge in [0.05, 0.1) is 23.4 Å². The largest absolute Gasteiger partial charge is 0.360 e. The molecule has 0 aliphatic heterocycles. The molecular formula is C22H28Br2N4OSi. The minimum atomic E-state index is -1.01. The zero-order valence-electron chi connectivity index (χ0n) is 18.1. The number of fused-ring (bicyclic) bond motifs is 2. The zero-order chi connectivity index (χ0) is 21.9. The van der Waals surface area contributed by atoms with Gasteiger partial charge in [-0.15, -0.1) is 0 Å². The summed E-state index contributed by atoms with van der Waals surface area (Å²) in [6, 6.07) is 9.49. The highest BCUT2D eigenvalue weighted by Crippen LogP contribution is 2.27. The number of ether oxygens (including phenoxy) is 1. The number of aromatic nitrogens is 4. The summed E-state index contributed by atoms with van der Waals surface area (Å²) < 4.78 is 9.92. The van der Waals surface area contributed by atoms with Crippen molar-refractivity contribution in [1.29, 1.82) is 0 Å². The second-order valence-electron chi connectivity index (χ2n) is 8.65. The summed E-state index contributed by atoms with van der Waals surface area (Å²) in [6.45, 7) is 12.6. The average Bonchev–Trinajstić information content (AvgIpc) is 3.32. The van der Waals surface area contributed by atoms with Crippen molar-refractivity contribution in [2.45, 2.75) is 46.3 Å². The van der Waals surface area contributed by atoms with Crippen molar-refractivity contribution in [3.05, 3.63) is 56.7 Å². The monoisotopic (exact) mass is 550 g/mol. The highest BCUT2D eigenvalue weighted by molar-refractivity contribution is 9.11. The van der Waals surface area contributed by atoms with E-state index in [1.165, 1.54) is 17.2 Å². The topological polar surface area (TPSA) is 55.7 Å². The van der Waals surface area contributed by atoms with E-state index in [0.29, 0.717) is 6.73 Å². The summed E-state index contributed by atoms with van der Waals surface area (Å²) in [5, 5.41) is 13.6. The Morgan fingerprint density at radius 1 is 0.967 bits per heavy atom. The van der Waals surface area contributed by atoms with E-state index in [1.54, 1.807) is 0 Å². The summed E-state index contributed by atoms with van der Waals surface area (Å²) >= 11 is 7.11. The lowest BCUT2D eigenvalue weighted by Gasteiger charge is -2.15. The van der Waals surface area contributed by atoms with Crippen LogP contribution in [0.25, 0.3) is 21.8 Å². The standard InChI is InChI=1S/C14H21BrN2OSi.C8H7BrN2/c1-11-5-6-13-12(14(11)15)9-16-17(13)10-18-7-8-19(2,3)4;1-5-2-3-7-6(8(5)9)4-10-11-7/h5-6,9H,7-8,10H2,1-4H3;2-4H,1H3,(H,10,11). The molecule has 0 saturated carbocycles. The van der Waals surface area contributed by atoms with Gasteiger partial charge in [0, 0.05) is 34.4 Å². The van der Waals surface area contributed by atoms with Gasteiger partial charge >= 0.3 is 0 Å². The molecule has 0 unspecified atom stereocenters. The first-order chi connectivity index (χ1) is 14.2. The van der Waals surface area contributed by atoms with Crippen LogP contribution in [-0.4, -0.2) is 34.7 Å². The van der Waals surface area contributed by atoms with E-state index in [0.717, 1.165) is 37.4 Å². The first-order valence-electron chi connectivity index (χ1n) is 9.94. The maximum absolute atomic E-state index is 5.75. The van der Waals surface area contributed by atoms with Crippen LogP contribution < -0.4 is 0 Å². The molecule has 0 saturated heterocycles. The van der Waals surface area contributed by atoms with Gasteiger partial charge in [0.25, 0.3) is 0 Å². The van der Waals surface area contributed by atoms with Crippen molar-refractivity contribution in [3.8, 4) is 0 Å². The van der Waals surface area contributed by atoms with Crippen molar-refractivity contribution < 1.29 is 4.74 Å². The molecule has 8 heteroatoms. The average molecular weight is 552 g/mol. The lowest BCUT2D eigenvalue weighted by Crippen LogP contribution is -2.22. The van der Waals surface area contributed by atoms with Crippen molar-refractivity contribution in [2.75, 3.05) is 6.61 Å². The van der Waals surface area contributed by atoms with Crippen LogP contribution in [0.5, 0.6) is 0 Å². The van der Waals surface area contributed by atoms with Gasteiger partial charge in [0.15, 0.2) is 0 Å². The third-order valence-electron chi connectivity index (χ3n) is 4.92. The number of hydrogen-bond donors (Lipinski definition) is 1. The fourth-order valence-electron chi connectivity index (χ4n) is 2.95. The molecule has 0 spiro atoms. The Balaban J connectivity index is 0.000000196. The summed E-state index contributed by atoms with van der Waals surface area (Å²) in [6.07, 6.45) is 3.72. The number of rotatable bonds is 5. The molecule has 160 valence electrons. The third kappa shape index (κ3) is 5.60. The molecule has 2 aromatic carbocycles. The number of halogens is 2. The maximum atomic E-state index is 5.75. The molecule has 0 atom stereocenters. The van der Waals surface area contributed by atoms with Crippen LogP contribution in [0.3, 0.4) is 0 Å². The SMILES string of the molecule is Cc1ccc2[nH]ncc2c1Br.Cc1ccc2c(cnn2COCC[Si](C)(C)C)c1Br. The Morgan fingerprint density at radius 3 is 2.33 bits per heavy atom. The minimum Gasteiger partial charge on any atom is -0.360 e. The first-order valence-corrected chi connectivity index (χ1v) is 15.2. The Labute approximate surface area is 195 Å². The van der Waals surface area contributed by atoms with Crippen LogP contribution >= 0.6 is 31.9 Å². The number of H-pyrrole nitrogens is 1. The normalized spacial score (nSPS) is 11.7. The van der Waals surface area contributed by atoms with E-state index in [2.05, 4.69) is 98.8 Å². The van der Waals surface area contributed by atoms with E-state index in [1.807, 2.05) is 23.1 Å². The minimum absolute atomic E-state index is 0.531. The van der Waals surface area contributed by atoms with E-state index < -0.39 is 8.07 Å². The van der Waals surface area contributed by atoms with Crippen LogP contribution in [0.15, 0.2) is 45.6 Å². The van der Waals surface area contributed by atoms with Gasteiger partial charge in [0.2, 0.25) is 0 Å². The fraction of sp³-hybridized carbons (Fsp3) is 0.364. The molecule has 0 aliphatic rings. The van der Waals surface area contributed by atoms with Gasteiger partial charge in [-0.05, 0) is 75.0 Å². The van der Waals surface area contributed by atoms with Crippen molar-refractivity contribution in [3.63, 3.8) is 0 Å². The molecule has 0 fully saturated rings. The number of aryl methyl sites for hydroxylation is 2. The number of benzene rings is 2. The van der Waals surface area contributed by atoms with Crippen LogP contribution in [0.1, 0.15) is 11.1 Å². The number of aromatic amines is 1. The first kappa shape index (κ1) is 23.2. The lowest BCUT2D eigenvalue weighted by molar-refractivity contribution is 0.0817. The summed E-state index contributed by atoms with van der Waals surface area (Å²) in [4.78, 5) is 0. The fourth-order valence-corrected chi connectivity index (χ4v) is 4.60. The Bertz CT molecular complexity index is 1150. The van der Waals surface area contributed by atoms with Gasteiger partial charge in [-0.25, -0.2) is 4.68 Å². The van der Waals surface area contributed by atoms with Crippen LogP contribution in [0.2, 0.25) is 25.7 Å². The molecular weight excluding hydrogens is 524 g/mol. The van der Waals surface area contributed by atoms with Crippen molar-refractivity contribution in [2.24, 2.45) is 0 Å². The second kappa shape index (κ2) is 9.76.